The van der Waals surface area contributed by atoms with Crippen LogP contribution in [-0.2, 0) is 9.59 Å². The predicted octanol–water partition coefficient (Wildman–Crippen LogP) is 3.13. The Morgan fingerprint density at radius 1 is 1.24 bits per heavy atom. The van der Waals surface area contributed by atoms with Gasteiger partial charge < -0.3 is 15.0 Å². The summed E-state index contributed by atoms with van der Waals surface area (Å²) in [6.45, 7) is 2.38. The highest BCUT2D eigenvalue weighted by Gasteiger charge is 2.38. The normalized spacial score (nSPS) is 16.8. The molecule has 1 heterocycles. The van der Waals surface area contributed by atoms with Crippen LogP contribution < -0.4 is 15.0 Å². The van der Waals surface area contributed by atoms with E-state index in [1.165, 1.54) is 24.3 Å². The first-order valence-electron chi connectivity index (χ1n) is 8.02. The summed E-state index contributed by atoms with van der Waals surface area (Å²) in [6, 6.07) is 11.0. The predicted molar refractivity (Wildman–Crippen MR) is 93.2 cm³/mol. The van der Waals surface area contributed by atoms with Crippen LogP contribution >= 0.6 is 0 Å². The molecule has 0 spiro atoms. The summed E-state index contributed by atoms with van der Waals surface area (Å²) in [5.41, 5.74) is 2.14. The molecule has 3 rings (SSSR count). The van der Waals surface area contributed by atoms with E-state index in [1.807, 2.05) is 25.1 Å². The minimum absolute atomic E-state index is 0.261. The first-order chi connectivity index (χ1) is 12.0. The molecule has 0 bridgehead atoms. The van der Waals surface area contributed by atoms with Gasteiger partial charge in [0.15, 0.2) is 0 Å². The van der Waals surface area contributed by atoms with Crippen LogP contribution in [0.25, 0.3) is 0 Å². The Balaban J connectivity index is 1.76. The highest BCUT2D eigenvalue weighted by molar-refractivity contribution is 6.13. The fourth-order valence-corrected chi connectivity index (χ4v) is 2.94. The Kier molecular flexibility index (Phi) is 4.70. The first-order valence-corrected chi connectivity index (χ1v) is 8.02. The molecule has 2 amide bonds. The molecule has 25 heavy (non-hydrogen) atoms. The number of nitrogens with one attached hydrogen (secondary N) is 1. The van der Waals surface area contributed by atoms with E-state index in [2.05, 4.69) is 5.32 Å². The van der Waals surface area contributed by atoms with Gasteiger partial charge in [-0.2, -0.15) is 0 Å². The van der Waals surface area contributed by atoms with Gasteiger partial charge in [0, 0.05) is 12.2 Å². The van der Waals surface area contributed by atoms with Gasteiger partial charge in [-0.1, -0.05) is 6.07 Å². The zero-order valence-corrected chi connectivity index (χ0v) is 14.1. The molecule has 5 nitrogen and oxygen atoms in total. The molecule has 2 aromatic rings. The van der Waals surface area contributed by atoms with Gasteiger partial charge in [-0.05, 0) is 55.3 Å². The lowest BCUT2D eigenvalue weighted by Crippen LogP contribution is -2.33. The number of anilines is 2. The number of hydrogen-bond acceptors (Lipinski definition) is 3. The molecule has 0 radical (unpaired) electrons. The summed E-state index contributed by atoms with van der Waals surface area (Å²) in [7, 11) is 1.55. The van der Waals surface area contributed by atoms with Gasteiger partial charge in [-0.25, -0.2) is 4.39 Å². The van der Waals surface area contributed by atoms with E-state index in [1.54, 1.807) is 12.0 Å². The van der Waals surface area contributed by atoms with Gasteiger partial charge >= 0.3 is 0 Å². The Labute approximate surface area is 145 Å². The quantitative estimate of drug-likeness (QED) is 0.869. The molecule has 1 saturated heterocycles. The molecular weight excluding hydrogens is 323 g/mol. The molecule has 2 aromatic carbocycles. The third kappa shape index (κ3) is 3.47. The second kappa shape index (κ2) is 6.93. The number of halogens is 1. The molecule has 1 unspecified atom stereocenters. The minimum atomic E-state index is -0.768. The zero-order valence-electron chi connectivity index (χ0n) is 14.1. The van der Waals surface area contributed by atoms with E-state index in [0.717, 1.165) is 5.56 Å². The first kappa shape index (κ1) is 17.0. The average molecular weight is 342 g/mol. The largest absolute Gasteiger partial charge is 0.495 e. The zero-order chi connectivity index (χ0) is 18.0. The maximum Gasteiger partial charge on any atom is 0.239 e. The average Bonchev–Trinajstić information content (AvgIpc) is 2.98. The second-order valence-electron chi connectivity index (χ2n) is 6.00. The van der Waals surface area contributed by atoms with Crippen molar-refractivity contribution in [1.82, 2.24) is 0 Å². The number of benzene rings is 2. The fourth-order valence-electron chi connectivity index (χ4n) is 2.94. The molecule has 6 heteroatoms. The number of aryl methyl sites for hydroxylation is 1. The van der Waals surface area contributed by atoms with Crippen LogP contribution in [0.15, 0.2) is 42.5 Å². The van der Waals surface area contributed by atoms with Crippen LogP contribution in [0.2, 0.25) is 0 Å². The lowest BCUT2D eigenvalue weighted by Gasteiger charge is -2.20. The number of nitrogens with zero attached hydrogens (tertiary/aromatic N) is 1. The maximum absolute atomic E-state index is 12.9. The summed E-state index contributed by atoms with van der Waals surface area (Å²) < 4.78 is 18.3. The molecule has 1 aliphatic rings. The minimum Gasteiger partial charge on any atom is -0.495 e. The van der Waals surface area contributed by atoms with Crippen LogP contribution in [0, 0.1) is 18.7 Å². The summed E-state index contributed by atoms with van der Waals surface area (Å²) >= 11 is 0. The Hall–Kier alpha value is -2.89. The smallest absolute Gasteiger partial charge is 0.239 e. The van der Waals surface area contributed by atoms with Crippen LogP contribution in [0.4, 0.5) is 15.8 Å². The van der Waals surface area contributed by atoms with Crippen molar-refractivity contribution < 1.29 is 18.7 Å². The van der Waals surface area contributed by atoms with E-state index in [4.69, 9.17) is 4.74 Å². The van der Waals surface area contributed by atoms with Gasteiger partial charge in [0.05, 0.1) is 12.8 Å². The number of amides is 2. The van der Waals surface area contributed by atoms with Gasteiger partial charge in [0.25, 0.3) is 0 Å². The number of carbonyl (C=O) groups excluding carboxylic acids is 2. The molecule has 130 valence electrons. The third-order valence-corrected chi connectivity index (χ3v) is 4.26. The number of rotatable bonds is 4. The standard InChI is InChI=1S/C19H19FN2O3/c1-12-3-8-17(25-2)16(11-12)22-10-9-15(19(22)24)18(23)21-14-6-4-13(20)5-7-14/h3-8,11,15H,9-10H2,1-2H3,(H,21,23). The lowest BCUT2D eigenvalue weighted by atomic mass is 10.1. The van der Waals surface area contributed by atoms with E-state index in [-0.39, 0.29) is 17.6 Å². The van der Waals surface area contributed by atoms with Crippen molar-refractivity contribution >= 4 is 23.2 Å². The molecule has 1 N–H and O–H groups in total. The maximum atomic E-state index is 12.9. The second-order valence-corrected chi connectivity index (χ2v) is 6.00. The van der Waals surface area contributed by atoms with Crippen LogP contribution in [0.1, 0.15) is 12.0 Å². The van der Waals surface area contributed by atoms with Crippen LogP contribution in [0.3, 0.4) is 0 Å². The molecule has 0 aliphatic carbocycles. The number of hydrogen-bond donors (Lipinski definition) is 1. The highest BCUT2D eigenvalue weighted by Crippen LogP contribution is 2.34. The fraction of sp³-hybridized carbons (Fsp3) is 0.263. The van der Waals surface area contributed by atoms with Crippen molar-refractivity contribution in [2.24, 2.45) is 5.92 Å². The van der Waals surface area contributed by atoms with Gasteiger partial charge in [-0.3, -0.25) is 9.59 Å². The molecule has 1 fully saturated rings. The van der Waals surface area contributed by atoms with Gasteiger partial charge in [-0.15, -0.1) is 0 Å². The van der Waals surface area contributed by atoms with Gasteiger partial charge in [0.2, 0.25) is 11.8 Å². The van der Waals surface area contributed by atoms with Crippen molar-refractivity contribution in [3.63, 3.8) is 0 Å². The van der Waals surface area contributed by atoms with Crippen molar-refractivity contribution in [3.05, 3.63) is 53.8 Å². The molecule has 1 atom stereocenters. The topological polar surface area (TPSA) is 58.6 Å². The van der Waals surface area contributed by atoms with E-state index in [0.29, 0.717) is 30.1 Å². The lowest BCUT2D eigenvalue weighted by molar-refractivity contribution is -0.129. The Morgan fingerprint density at radius 3 is 2.64 bits per heavy atom. The van der Waals surface area contributed by atoms with Crippen LogP contribution in [0.5, 0.6) is 5.75 Å². The van der Waals surface area contributed by atoms with E-state index >= 15 is 0 Å². The van der Waals surface area contributed by atoms with E-state index in [9.17, 15) is 14.0 Å². The Bertz CT molecular complexity index is 805. The van der Waals surface area contributed by atoms with Crippen molar-refractivity contribution in [2.75, 3.05) is 23.9 Å². The molecule has 0 aromatic heterocycles. The van der Waals surface area contributed by atoms with Crippen LogP contribution in [-0.4, -0.2) is 25.5 Å². The molecule has 1 aliphatic heterocycles. The number of ether oxygens (including phenoxy) is 1. The third-order valence-electron chi connectivity index (χ3n) is 4.26. The summed E-state index contributed by atoms with van der Waals surface area (Å²) in [5, 5.41) is 2.67. The van der Waals surface area contributed by atoms with E-state index < -0.39 is 5.92 Å². The van der Waals surface area contributed by atoms with Crippen molar-refractivity contribution in [3.8, 4) is 5.75 Å². The molecular formula is C19H19FN2O3. The number of carbonyl (C=O) groups is 2. The van der Waals surface area contributed by atoms with Crippen molar-refractivity contribution in [1.29, 1.82) is 0 Å². The molecule has 0 saturated carbocycles. The SMILES string of the molecule is COc1ccc(C)cc1N1CCC(C(=O)Nc2ccc(F)cc2)C1=O. The summed E-state index contributed by atoms with van der Waals surface area (Å²) in [4.78, 5) is 26.7. The monoisotopic (exact) mass is 342 g/mol. The number of methoxy groups -OCH3 is 1. The summed E-state index contributed by atoms with van der Waals surface area (Å²) in [5.74, 6) is -1.20. The van der Waals surface area contributed by atoms with Gasteiger partial charge in [0.1, 0.15) is 17.5 Å². The highest BCUT2D eigenvalue weighted by atomic mass is 19.1. The Morgan fingerprint density at radius 2 is 1.96 bits per heavy atom. The van der Waals surface area contributed by atoms with Crippen molar-refractivity contribution in [2.45, 2.75) is 13.3 Å². The summed E-state index contributed by atoms with van der Waals surface area (Å²) in [6.07, 6.45) is 0.420.